The Morgan fingerprint density at radius 3 is 2.55 bits per heavy atom. The van der Waals surface area contributed by atoms with Crippen molar-refractivity contribution in [2.75, 3.05) is 5.73 Å². The first kappa shape index (κ1) is 16.2. The normalized spacial score (nSPS) is 11.3. The van der Waals surface area contributed by atoms with Crippen LogP contribution in [0.5, 0.6) is 5.75 Å². The molecule has 0 aliphatic heterocycles. The zero-order valence-corrected chi connectivity index (χ0v) is 14.0. The highest BCUT2D eigenvalue weighted by Crippen LogP contribution is 2.40. The maximum absolute atomic E-state index is 11.6. The molecule has 0 unspecified atom stereocenters. The molecule has 0 saturated heterocycles. The standard InChI is InChI=1S/C16H19N3O2S/c1-6-12(20)21-11-8-7-10(14-18-19-15(17)22-14)9(2)13(11)16(3,4)5/h6-8H,1H2,2-5H3,(H2,17,19). The number of rotatable bonds is 3. The van der Waals surface area contributed by atoms with Gasteiger partial charge >= 0.3 is 5.97 Å². The lowest BCUT2D eigenvalue weighted by atomic mass is 9.82. The molecule has 0 bridgehead atoms. The summed E-state index contributed by atoms with van der Waals surface area (Å²) in [6, 6.07) is 3.65. The van der Waals surface area contributed by atoms with Crippen molar-refractivity contribution in [1.82, 2.24) is 10.2 Å². The molecule has 2 aromatic rings. The highest BCUT2D eigenvalue weighted by molar-refractivity contribution is 7.18. The molecule has 0 amide bonds. The predicted octanol–water partition coefficient (Wildman–Crippen LogP) is 3.48. The van der Waals surface area contributed by atoms with Crippen LogP contribution in [0.15, 0.2) is 24.8 Å². The van der Waals surface area contributed by atoms with Crippen LogP contribution in [0.4, 0.5) is 5.13 Å². The Balaban J connectivity index is 2.62. The number of benzene rings is 1. The van der Waals surface area contributed by atoms with Gasteiger partial charge in [-0.3, -0.25) is 0 Å². The molecule has 0 aliphatic carbocycles. The van der Waals surface area contributed by atoms with Gasteiger partial charge < -0.3 is 10.5 Å². The first-order chi connectivity index (χ1) is 10.2. The van der Waals surface area contributed by atoms with E-state index in [0.717, 1.165) is 27.8 Å². The van der Waals surface area contributed by atoms with Gasteiger partial charge in [-0.2, -0.15) is 0 Å². The quantitative estimate of drug-likeness (QED) is 0.532. The van der Waals surface area contributed by atoms with Gasteiger partial charge in [-0.25, -0.2) is 4.79 Å². The molecule has 0 spiro atoms. The number of ether oxygens (including phenoxy) is 1. The summed E-state index contributed by atoms with van der Waals surface area (Å²) in [5, 5.41) is 9.13. The van der Waals surface area contributed by atoms with Crippen molar-refractivity contribution in [3.05, 3.63) is 35.9 Å². The highest BCUT2D eigenvalue weighted by Gasteiger charge is 2.25. The third kappa shape index (κ3) is 3.17. The Hall–Kier alpha value is -2.21. The van der Waals surface area contributed by atoms with Gasteiger partial charge in [-0.1, -0.05) is 38.7 Å². The molecule has 5 nitrogen and oxygen atoms in total. The Kier molecular flexibility index (Phi) is 4.32. The van der Waals surface area contributed by atoms with Gasteiger partial charge in [-0.15, -0.1) is 10.2 Å². The number of hydrogen-bond acceptors (Lipinski definition) is 6. The minimum absolute atomic E-state index is 0.201. The van der Waals surface area contributed by atoms with Crippen LogP contribution in [0.3, 0.4) is 0 Å². The summed E-state index contributed by atoms with van der Waals surface area (Å²) in [5.41, 5.74) is 8.36. The summed E-state index contributed by atoms with van der Waals surface area (Å²) in [4.78, 5) is 11.6. The minimum atomic E-state index is -0.474. The lowest BCUT2D eigenvalue weighted by molar-refractivity contribution is -0.129. The van der Waals surface area contributed by atoms with Gasteiger partial charge in [0.2, 0.25) is 5.13 Å². The number of carbonyl (C=O) groups is 1. The second-order valence-electron chi connectivity index (χ2n) is 5.93. The molecule has 0 atom stereocenters. The summed E-state index contributed by atoms with van der Waals surface area (Å²) in [6.07, 6.45) is 1.15. The van der Waals surface area contributed by atoms with Gasteiger partial charge in [0, 0.05) is 17.2 Å². The summed E-state index contributed by atoms with van der Waals surface area (Å²) in [5.74, 6) is 0.0638. The largest absolute Gasteiger partial charge is 0.423 e. The molecule has 0 aliphatic rings. The number of hydrogen-bond donors (Lipinski definition) is 1. The van der Waals surface area contributed by atoms with Gasteiger partial charge in [0.15, 0.2) is 0 Å². The lowest BCUT2D eigenvalue weighted by Gasteiger charge is -2.25. The van der Waals surface area contributed by atoms with Crippen LogP contribution in [0.2, 0.25) is 0 Å². The van der Waals surface area contributed by atoms with Crippen molar-refractivity contribution in [1.29, 1.82) is 0 Å². The summed E-state index contributed by atoms with van der Waals surface area (Å²) in [6.45, 7) is 11.6. The molecule has 22 heavy (non-hydrogen) atoms. The first-order valence-corrected chi connectivity index (χ1v) is 7.63. The van der Waals surface area contributed by atoms with Crippen LogP contribution in [0, 0.1) is 6.92 Å². The van der Waals surface area contributed by atoms with Gasteiger partial charge in [0.1, 0.15) is 10.8 Å². The van der Waals surface area contributed by atoms with Gasteiger partial charge in [0.25, 0.3) is 0 Å². The number of aromatic nitrogens is 2. The Bertz CT molecular complexity index is 729. The van der Waals surface area contributed by atoms with Crippen LogP contribution in [-0.4, -0.2) is 16.2 Å². The van der Waals surface area contributed by atoms with E-state index in [4.69, 9.17) is 10.5 Å². The lowest BCUT2D eigenvalue weighted by Crippen LogP contribution is -2.17. The van der Waals surface area contributed by atoms with Crippen molar-refractivity contribution in [3.8, 4) is 16.3 Å². The third-order valence-corrected chi connectivity index (χ3v) is 4.01. The number of nitrogen functional groups attached to an aromatic ring is 1. The fraction of sp³-hybridized carbons (Fsp3) is 0.312. The van der Waals surface area contributed by atoms with Gasteiger partial charge in [-0.05, 0) is 30.0 Å². The zero-order valence-electron chi connectivity index (χ0n) is 13.1. The van der Waals surface area contributed by atoms with Gasteiger partial charge in [0.05, 0.1) is 0 Å². The molecule has 2 N–H and O–H groups in total. The van der Waals surface area contributed by atoms with Crippen LogP contribution in [0.1, 0.15) is 31.9 Å². The van der Waals surface area contributed by atoms with Crippen LogP contribution in [-0.2, 0) is 10.2 Å². The van der Waals surface area contributed by atoms with E-state index in [0.29, 0.717) is 10.9 Å². The van der Waals surface area contributed by atoms with E-state index in [1.165, 1.54) is 11.3 Å². The van der Waals surface area contributed by atoms with E-state index < -0.39 is 5.97 Å². The summed E-state index contributed by atoms with van der Waals surface area (Å²) >= 11 is 1.33. The SMILES string of the molecule is C=CC(=O)Oc1ccc(-c2nnc(N)s2)c(C)c1C(C)(C)C. The van der Waals surface area contributed by atoms with Crippen LogP contribution in [0.25, 0.3) is 10.6 Å². The first-order valence-electron chi connectivity index (χ1n) is 6.81. The van der Waals surface area contributed by atoms with E-state index in [1.807, 2.05) is 13.0 Å². The van der Waals surface area contributed by atoms with Crippen LogP contribution < -0.4 is 10.5 Å². The molecule has 0 radical (unpaired) electrons. The molecular formula is C16H19N3O2S. The Labute approximate surface area is 133 Å². The second kappa shape index (κ2) is 5.88. The predicted molar refractivity (Wildman–Crippen MR) is 89.0 cm³/mol. The molecule has 1 aromatic carbocycles. The van der Waals surface area contributed by atoms with E-state index in [1.54, 1.807) is 6.07 Å². The average Bonchev–Trinajstić information content (AvgIpc) is 2.83. The molecule has 116 valence electrons. The van der Waals surface area contributed by atoms with Crippen LogP contribution >= 0.6 is 11.3 Å². The topological polar surface area (TPSA) is 78.1 Å². The molecular weight excluding hydrogens is 298 g/mol. The van der Waals surface area contributed by atoms with E-state index in [2.05, 4.69) is 37.5 Å². The van der Waals surface area contributed by atoms with Crippen molar-refractivity contribution < 1.29 is 9.53 Å². The fourth-order valence-corrected chi connectivity index (χ4v) is 3.12. The molecule has 1 heterocycles. The average molecular weight is 317 g/mol. The Morgan fingerprint density at radius 1 is 1.36 bits per heavy atom. The molecule has 1 aromatic heterocycles. The van der Waals surface area contributed by atoms with Crippen molar-refractivity contribution in [3.63, 3.8) is 0 Å². The summed E-state index contributed by atoms with van der Waals surface area (Å²) < 4.78 is 5.38. The minimum Gasteiger partial charge on any atom is -0.423 e. The van der Waals surface area contributed by atoms with E-state index in [9.17, 15) is 4.79 Å². The number of nitrogens with two attached hydrogens (primary N) is 1. The van der Waals surface area contributed by atoms with E-state index in [-0.39, 0.29) is 5.41 Å². The van der Waals surface area contributed by atoms with Crippen molar-refractivity contribution in [2.24, 2.45) is 0 Å². The Morgan fingerprint density at radius 2 is 2.05 bits per heavy atom. The molecule has 2 rings (SSSR count). The highest BCUT2D eigenvalue weighted by atomic mass is 32.1. The molecule has 6 heteroatoms. The number of carbonyl (C=O) groups excluding carboxylic acids is 1. The number of nitrogens with zero attached hydrogens (tertiary/aromatic N) is 2. The maximum atomic E-state index is 11.6. The number of esters is 1. The molecule has 0 saturated carbocycles. The van der Waals surface area contributed by atoms with Crippen molar-refractivity contribution in [2.45, 2.75) is 33.1 Å². The van der Waals surface area contributed by atoms with Crippen molar-refractivity contribution >= 4 is 22.4 Å². The smallest absolute Gasteiger partial charge is 0.335 e. The summed E-state index contributed by atoms with van der Waals surface area (Å²) in [7, 11) is 0. The zero-order chi connectivity index (χ0) is 16.5. The monoisotopic (exact) mass is 317 g/mol. The third-order valence-electron chi connectivity index (χ3n) is 3.23. The molecule has 0 fully saturated rings. The van der Waals surface area contributed by atoms with E-state index >= 15 is 0 Å². The number of anilines is 1. The fourth-order valence-electron chi connectivity index (χ4n) is 2.43. The second-order valence-corrected chi connectivity index (χ2v) is 6.94. The maximum Gasteiger partial charge on any atom is 0.335 e.